The van der Waals surface area contributed by atoms with Crippen LogP contribution in [0.5, 0.6) is 0 Å². The minimum absolute atomic E-state index is 0.358. The van der Waals surface area contributed by atoms with Gasteiger partial charge in [-0.3, -0.25) is 9.59 Å². The molecule has 0 aromatic carbocycles. The molecule has 1 N–H and O–H groups in total. The van der Waals surface area contributed by atoms with Gasteiger partial charge in [0.1, 0.15) is 11.1 Å². The van der Waals surface area contributed by atoms with E-state index in [4.69, 9.17) is 9.47 Å². The van der Waals surface area contributed by atoms with Crippen molar-refractivity contribution in [3.8, 4) is 6.07 Å². The fraction of sp³-hybridized carbons (Fsp3) is 0.810. The number of esters is 1. The van der Waals surface area contributed by atoms with Gasteiger partial charge in [-0.1, -0.05) is 19.3 Å². The smallest absolute Gasteiger partial charge is 0.410 e. The van der Waals surface area contributed by atoms with Gasteiger partial charge in [-0.05, 0) is 53.4 Å². The molecule has 2 fully saturated rings. The predicted octanol–water partition coefficient (Wildman–Crippen LogP) is 2.91. The molecule has 0 spiro atoms. The average molecular weight is 408 g/mol. The lowest BCUT2D eigenvalue weighted by Gasteiger charge is -2.34. The van der Waals surface area contributed by atoms with E-state index in [1.807, 2.05) is 20.8 Å². The number of amides is 2. The summed E-state index contributed by atoms with van der Waals surface area (Å²) < 4.78 is 10.7. The van der Waals surface area contributed by atoms with E-state index in [9.17, 15) is 19.6 Å². The van der Waals surface area contributed by atoms with Gasteiger partial charge in [0, 0.05) is 13.1 Å². The fourth-order valence-electron chi connectivity index (χ4n) is 3.71. The molecule has 1 saturated carbocycles. The van der Waals surface area contributed by atoms with E-state index >= 15 is 0 Å². The summed E-state index contributed by atoms with van der Waals surface area (Å²) >= 11 is 0. The van der Waals surface area contributed by atoms with E-state index in [1.165, 1.54) is 6.92 Å². The fourth-order valence-corrected chi connectivity index (χ4v) is 3.71. The van der Waals surface area contributed by atoms with Crippen LogP contribution in [-0.2, 0) is 19.1 Å². The van der Waals surface area contributed by atoms with E-state index < -0.39 is 29.1 Å². The second-order valence-corrected chi connectivity index (χ2v) is 9.06. The van der Waals surface area contributed by atoms with E-state index in [0.29, 0.717) is 38.8 Å². The third kappa shape index (κ3) is 6.62. The Labute approximate surface area is 172 Å². The van der Waals surface area contributed by atoms with Crippen molar-refractivity contribution >= 4 is 18.0 Å². The lowest BCUT2D eigenvalue weighted by atomic mass is 9.82. The Morgan fingerprint density at radius 1 is 1.14 bits per heavy atom. The van der Waals surface area contributed by atoms with Crippen LogP contribution in [0.15, 0.2) is 0 Å². The summed E-state index contributed by atoms with van der Waals surface area (Å²) in [5, 5.41) is 12.3. The molecule has 1 atom stereocenters. The molecule has 0 aromatic heterocycles. The van der Waals surface area contributed by atoms with Crippen molar-refractivity contribution in [2.75, 3.05) is 13.1 Å². The van der Waals surface area contributed by atoms with Crippen LogP contribution >= 0.6 is 0 Å². The van der Waals surface area contributed by atoms with Crippen molar-refractivity contribution in [3.63, 3.8) is 0 Å². The highest BCUT2D eigenvalue weighted by atomic mass is 16.6. The van der Waals surface area contributed by atoms with E-state index in [0.717, 1.165) is 19.3 Å². The predicted molar refractivity (Wildman–Crippen MR) is 106 cm³/mol. The number of hydrogen-bond donors (Lipinski definition) is 1. The minimum atomic E-state index is -0.960. The quantitative estimate of drug-likeness (QED) is 0.718. The van der Waals surface area contributed by atoms with Gasteiger partial charge in [0.25, 0.3) is 5.91 Å². The first-order chi connectivity index (χ1) is 13.6. The third-order valence-electron chi connectivity index (χ3n) is 5.43. The Morgan fingerprint density at radius 2 is 1.72 bits per heavy atom. The summed E-state index contributed by atoms with van der Waals surface area (Å²) in [5.74, 6) is -1.23. The minimum Gasteiger partial charge on any atom is -0.452 e. The van der Waals surface area contributed by atoms with Crippen LogP contribution in [0, 0.1) is 17.2 Å². The van der Waals surface area contributed by atoms with Crippen molar-refractivity contribution in [2.45, 2.75) is 89.9 Å². The molecule has 0 radical (unpaired) electrons. The molecule has 2 aliphatic rings. The molecular weight excluding hydrogens is 374 g/mol. The maximum atomic E-state index is 12.5. The lowest BCUT2D eigenvalue weighted by Crippen LogP contribution is -2.52. The van der Waals surface area contributed by atoms with Gasteiger partial charge in [0.05, 0.1) is 12.0 Å². The van der Waals surface area contributed by atoms with Crippen LogP contribution < -0.4 is 5.32 Å². The Kier molecular flexibility index (Phi) is 7.50. The Balaban J connectivity index is 1.80. The van der Waals surface area contributed by atoms with Gasteiger partial charge < -0.3 is 19.7 Å². The first kappa shape index (κ1) is 23.0. The number of carbonyl (C=O) groups is 3. The van der Waals surface area contributed by atoms with Crippen molar-refractivity contribution in [3.05, 3.63) is 0 Å². The number of piperidine rings is 1. The third-order valence-corrected chi connectivity index (χ3v) is 5.43. The lowest BCUT2D eigenvalue weighted by molar-refractivity contribution is -0.160. The molecule has 162 valence electrons. The van der Waals surface area contributed by atoms with E-state index in [1.54, 1.807) is 4.90 Å². The van der Waals surface area contributed by atoms with Gasteiger partial charge >= 0.3 is 12.1 Å². The van der Waals surface area contributed by atoms with Gasteiger partial charge in [-0.2, -0.15) is 5.26 Å². The molecule has 1 aliphatic heterocycles. The molecule has 1 aliphatic carbocycles. The Bertz CT molecular complexity index is 650. The summed E-state index contributed by atoms with van der Waals surface area (Å²) in [7, 11) is 0. The Hall–Kier alpha value is -2.30. The van der Waals surface area contributed by atoms with Crippen molar-refractivity contribution < 1.29 is 23.9 Å². The number of hydrogen-bond acceptors (Lipinski definition) is 6. The Morgan fingerprint density at radius 3 is 2.24 bits per heavy atom. The van der Waals surface area contributed by atoms with Gasteiger partial charge in [0.15, 0.2) is 6.10 Å². The highest BCUT2D eigenvalue weighted by Crippen LogP contribution is 2.28. The molecule has 0 aromatic rings. The van der Waals surface area contributed by atoms with Crippen LogP contribution in [0.4, 0.5) is 4.79 Å². The largest absolute Gasteiger partial charge is 0.452 e. The van der Waals surface area contributed by atoms with Crippen molar-refractivity contribution in [1.29, 1.82) is 5.26 Å². The number of carbonyl (C=O) groups excluding carboxylic acids is 3. The summed E-state index contributed by atoms with van der Waals surface area (Å²) in [6.07, 6.45) is 3.70. The average Bonchev–Trinajstić information content (AvgIpc) is 2.67. The van der Waals surface area contributed by atoms with Crippen molar-refractivity contribution in [2.24, 2.45) is 5.92 Å². The topological polar surface area (TPSA) is 109 Å². The maximum absolute atomic E-state index is 12.5. The second kappa shape index (κ2) is 9.47. The number of nitriles is 1. The number of nitrogens with one attached hydrogen (secondary N) is 1. The van der Waals surface area contributed by atoms with Crippen LogP contribution in [-0.4, -0.2) is 53.2 Å². The first-order valence-corrected chi connectivity index (χ1v) is 10.5. The summed E-state index contributed by atoms with van der Waals surface area (Å²) in [6, 6.07) is 2.23. The van der Waals surface area contributed by atoms with Crippen LogP contribution in [0.2, 0.25) is 0 Å². The van der Waals surface area contributed by atoms with Crippen molar-refractivity contribution in [1.82, 2.24) is 10.2 Å². The monoisotopic (exact) mass is 407 g/mol. The second-order valence-electron chi connectivity index (χ2n) is 9.06. The molecular formula is C21H33N3O5. The number of nitrogens with zero attached hydrogens (tertiary/aromatic N) is 2. The molecule has 2 amide bonds. The van der Waals surface area contributed by atoms with Crippen LogP contribution in [0.3, 0.4) is 0 Å². The highest BCUT2D eigenvalue weighted by Gasteiger charge is 2.36. The molecule has 8 nitrogen and oxygen atoms in total. The molecule has 0 unspecified atom stereocenters. The molecule has 8 heteroatoms. The molecule has 2 rings (SSSR count). The first-order valence-electron chi connectivity index (χ1n) is 10.5. The number of rotatable bonds is 4. The molecule has 1 heterocycles. The standard InChI is InChI=1S/C21H33N3O5/c1-15(17(25)23-21(14-22)10-6-5-7-11-21)28-18(26)16-8-12-24(13-9-16)19(27)29-20(2,3)4/h15-16H,5-13H2,1-4H3,(H,23,25)/t15-/m0/s1. The van der Waals surface area contributed by atoms with Gasteiger partial charge in [0.2, 0.25) is 0 Å². The van der Waals surface area contributed by atoms with Gasteiger partial charge in [-0.25, -0.2) is 4.79 Å². The molecule has 1 saturated heterocycles. The zero-order chi connectivity index (χ0) is 21.7. The molecule has 0 bridgehead atoms. The molecule has 29 heavy (non-hydrogen) atoms. The summed E-state index contributed by atoms with van der Waals surface area (Å²) in [4.78, 5) is 38.6. The van der Waals surface area contributed by atoms with Gasteiger partial charge in [-0.15, -0.1) is 0 Å². The highest BCUT2D eigenvalue weighted by molar-refractivity contribution is 5.85. The van der Waals surface area contributed by atoms with Crippen LogP contribution in [0.25, 0.3) is 0 Å². The number of ether oxygens (including phenoxy) is 2. The van der Waals surface area contributed by atoms with E-state index in [-0.39, 0.29) is 12.0 Å². The zero-order valence-electron chi connectivity index (χ0n) is 18.0. The van der Waals surface area contributed by atoms with Crippen LogP contribution in [0.1, 0.15) is 72.6 Å². The maximum Gasteiger partial charge on any atom is 0.410 e. The summed E-state index contributed by atoms with van der Waals surface area (Å²) in [5.41, 5.74) is -1.41. The number of likely N-dealkylation sites (tertiary alicyclic amines) is 1. The zero-order valence-corrected chi connectivity index (χ0v) is 18.0. The van der Waals surface area contributed by atoms with E-state index in [2.05, 4.69) is 11.4 Å². The summed E-state index contributed by atoms with van der Waals surface area (Å²) in [6.45, 7) is 7.78. The SMILES string of the molecule is C[C@H](OC(=O)C1CCN(C(=O)OC(C)(C)C)CC1)C(=O)NC1(C#N)CCCCC1. The normalized spacial score (nSPS) is 20.9.